The van der Waals surface area contributed by atoms with Crippen LogP contribution in [0.3, 0.4) is 0 Å². The van der Waals surface area contributed by atoms with Gasteiger partial charge in [-0.05, 0) is 30.4 Å². The first-order valence-electron chi connectivity index (χ1n) is 6.34. The molecule has 0 aromatic carbocycles. The molecule has 2 unspecified atom stereocenters. The number of halogens is 2. The van der Waals surface area contributed by atoms with Crippen molar-refractivity contribution in [3.05, 3.63) is 29.0 Å². The van der Waals surface area contributed by atoms with Crippen molar-refractivity contribution in [2.24, 2.45) is 11.8 Å². The lowest BCUT2D eigenvalue weighted by atomic mass is 9.85. The fourth-order valence-electron chi connectivity index (χ4n) is 2.88. The number of aromatic nitrogens is 2. The van der Waals surface area contributed by atoms with E-state index >= 15 is 0 Å². The maximum absolute atomic E-state index is 14.2. The van der Waals surface area contributed by atoms with Crippen molar-refractivity contribution >= 4 is 22.6 Å². The van der Waals surface area contributed by atoms with Crippen LogP contribution in [0.4, 0.5) is 4.39 Å². The van der Waals surface area contributed by atoms with Crippen LogP contribution < -0.4 is 0 Å². The summed E-state index contributed by atoms with van der Waals surface area (Å²) in [4.78, 5) is 4.32. The third kappa shape index (κ3) is 1.81. The van der Waals surface area contributed by atoms with Crippen molar-refractivity contribution in [2.45, 2.75) is 33.0 Å². The molecule has 2 aromatic rings. The quantitative estimate of drug-likeness (QED) is 0.766. The van der Waals surface area contributed by atoms with E-state index in [1.807, 2.05) is 10.6 Å². The highest BCUT2D eigenvalue weighted by molar-refractivity contribution is 6.31. The lowest BCUT2D eigenvalue weighted by Crippen LogP contribution is -2.33. The summed E-state index contributed by atoms with van der Waals surface area (Å²) in [6, 6.07) is 3.99. The van der Waals surface area contributed by atoms with Crippen LogP contribution in [0, 0.1) is 11.8 Å². The molecule has 2 atom stereocenters. The second-order valence-corrected chi connectivity index (χ2v) is 5.88. The van der Waals surface area contributed by atoms with Gasteiger partial charge in [0.25, 0.3) is 0 Å². The summed E-state index contributed by atoms with van der Waals surface area (Å²) >= 11 is 5.94. The highest BCUT2D eigenvalue weighted by Crippen LogP contribution is 2.33. The maximum Gasteiger partial charge on any atom is 0.140 e. The van der Waals surface area contributed by atoms with E-state index in [1.165, 1.54) is 5.69 Å². The summed E-state index contributed by atoms with van der Waals surface area (Å²) < 4.78 is 16.2. The van der Waals surface area contributed by atoms with E-state index in [2.05, 4.69) is 24.9 Å². The van der Waals surface area contributed by atoms with E-state index in [9.17, 15) is 4.39 Å². The first kappa shape index (κ1) is 12.0. The van der Waals surface area contributed by atoms with Crippen LogP contribution in [0.25, 0.3) is 11.0 Å². The molecule has 4 heteroatoms. The zero-order valence-corrected chi connectivity index (χ0v) is 11.3. The van der Waals surface area contributed by atoms with Gasteiger partial charge >= 0.3 is 0 Å². The summed E-state index contributed by atoms with van der Waals surface area (Å²) in [6.45, 7) is 4.59. The normalized spacial score (nSPS) is 23.6. The van der Waals surface area contributed by atoms with Crippen molar-refractivity contribution in [1.29, 1.82) is 0 Å². The van der Waals surface area contributed by atoms with E-state index < -0.39 is 6.17 Å². The molecule has 96 valence electrons. The minimum atomic E-state index is -0.787. The van der Waals surface area contributed by atoms with E-state index in [4.69, 9.17) is 11.6 Å². The van der Waals surface area contributed by atoms with Crippen LogP contribution in [-0.2, 0) is 13.0 Å². The zero-order chi connectivity index (χ0) is 12.9. The summed E-state index contributed by atoms with van der Waals surface area (Å²) in [5.74, 6) is 0.473. The van der Waals surface area contributed by atoms with Crippen LogP contribution in [0.2, 0.25) is 5.02 Å². The third-order valence-electron chi connectivity index (χ3n) is 3.91. The number of rotatable bonds is 1. The molecule has 0 radical (unpaired) electrons. The Hall–Kier alpha value is -1.09. The van der Waals surface area contributed by atoms with E-state index in [0.717, 1.165) is 17.5 Å². The lowest BCUT2D eigenvalue weighted by Gasteiger charge is -2.30. The monoisotopic (exact) mass is 266 g/mol. The molecule has 0 bridgehead atoms. The fraction of sp³-hybridized carbons (Fsp3) is 0.500. The van der Waals surface area contributed by atoms with Crippen LogP contribution in [-0.4, -0.2) is 15.7 Å². The molecule has 0 saturated heterocycles. The van der Waals surface area contributed by atoms with Gasteiger partial charge in [-0.15, -0.1) is 0 Å². The van der Waals surface area contributed by atoms with Gasteiger partial charge in [0.15, 0.2) is 0 Å². The molecule has 0 N–H and O–H groups in total. The van der Waals surface area contributed by atoms with Crippen molar-refractivity contribution in [3.8, 4) is 0 Å². The van der Waals surface area contributed by atoms with Gasteiger partial charge in [0.1, 0.15) is 11.8 Å². The van der Waals surface area contributed by atoms with Crippen LogP contribution in [0.1, 0.15) is 19.5 Å². The molecule has 0 fully saturated rings. The van der Waals surface area contributed by atoms with Gasteiger partial charge in [-0.3, -0.25) is 0 Å². The predicted molar refractivity (Wildman–Crippen MR) is 71.7 cm³/mol. The van der Waals surface area contributed by atoms with Gasteiger partial charge in [-0.25, -0.2) is 9.37 Å². The molecular formula is C14H16ClFN2. The van der Waals surface area contributed by atoms with E-state index in [1.54, 1.807) is 6.20 Å². The van der Waals surface area contributed by atoms with E-state index in [0.29, 0.717) is 17.5 Å². The number of hydrogen-bond donors (Lipinski definition) is 0. The molecule has 0 spiro atoms. The Morgan fingerprint density at radius 2 is 2.22 bits per heavy atom. The number of fused-ring (bicyclic) bond motifs is 3. The van der Waals surface area contributed by atoms with Gasteiger partial charge in [-0.2, -0.15) is 0 Å². The molecule has 18 heavy (non-hydrogen) atoms. The summed E-state index contributed by atoms with van der Waals surface area (Å²) in [5.41, 5.74) is 2.02. The summed E-state index contributed by atoms with van der Waals surface area (Å²) in [6.07, 6.45) is 1.62. The molecule has 3 rings (SSSR count). The zero-order valence-electron chi connectivity index (χ0n) is 10.5. The first-order chi connectivity index (χ1) is 8.56. The Morgan fingerprint density at radius 3 is 2.94 bits per heavy atom. The molecule has 2 nitrogen and oxygen atoms in total. The highest BCUT2D eigenvalue weighted by atomic mass is 35.5. The Bertz CT molecular complexity index is 591. The number of nitrogens with zero attached hydrogens (tertiary/aromatic N) is 2. The van der Waals surface area contributed by atoms with Crippen LogP contribution in [0.15, 0.2) is 18.3 Å². The Kier molecular flexibility index (Phi) is 2.81. The molecule has 1 aliphatic heterocycles. The molecular weight excluding hydrogens is 251 g/mol. The predicted octanol–water partition coefficient (Wildman–Crippen LogP) is 3.86. The molecule has 3 heterocycles. The maximum atomic E-state index is 14.2. The van der Waals surface area contributed by atoms with Crippen molar-refractivity contribution in [2.75, 3.05) is 0 Å². The average Bonchev–Trinajstić information content (AvgIpc) is 2.64. The highest BCUT2D eigenvalue weighted by Gasteiger charge is 2.31. The fourth-order valence-corrected chi connectivity index (χ4v) is 3.04. The van der Waals surface area contributed by atoms with Gasteiger partial charge in [0.05, 0.1) is 11.6 Å². The summed E-state index contributed by atoms with van der Waals surface area (Å²) in [7, 11) is 0. The van der Waals surface area contributed by atoms with Crippen LogP contribution >= 0.6 is 11.6 Å². The second kappa shape index (κ2) is 4.23. The van der Waals surface area contributed by atoms with Gasteiger partial charge in [0.2, 0.25) is 0 Å². The largest absolute Gasteiger partial charge is 0.327 e. The average molecular weight is 267 g/mol. The molecule has 1 aliphatic rings. The SMILES string of the molecule is CC(C)C1Cc2cc3cc(Cl)cnc3n2CC1F. The minimum absolute atomic E-state index is 0.109. The Balaban J connectivity index is 2.09. The number of alkyl halides is 1. The number of hydrogen-bond acceptors (Lipinski definition) is 1. The van der Waals surface area contributed by atoms with Crippen molar-refractivity contribution in [1.82, 2.24) is 9.55 Å². The van der Waals surface area contributed by atoms with Gasteiger partial charge in [0, 0.05) is 17.3 Å². The minimum Gasteiger partial charge on any atom is -0.327 e. The topological polar surface area (TPSA) is 17.8 Å². The molecule has 2 aromatic heterocycles. The smallest absolute Gasteiger partial charge is 0.140 e. The van der Waals surface area contributed by atoms with Crippen molar-refractivity contribution in [3.63, 3.8) is 0 Å². The van der Waals surface area contributed by atoms with Crippen LogP contribution in [0.5, 0.6) is 0 Å². The molecule has 0 aliphatic carbocycles. The standard InChI is InChI=1S/C14H16ClFN2/c1-8(2)12-5-11-4-9-3-10(15)6-17-14(9)18(11)7-13(12)16/h3-4,6,8,12-13H,5,7H2,1-2H3. The third-order valence-corrected chi connectivity index (χ3v) is 4.12. The molecule has 0 amide bonds. The Morgan fingerprint density at radius 1 is 1.44 bits per heavy atom. The molecule has 0 saturated carbocycles. The Labute approximate surface area is 111 Å². The van der Waals surface area contributed by atoms with Gasteiger partial charge < -0.3 is 4.57 Å². The second-order valence-electron chi connectivity index (χ2n) is 5.44. The lowest BCUT2D eigenvalue weighted by molar-refractivity contribution is 0.139. The van der Waals surface area contributed by atoms with Crippen molar-refractivity contribution < 1.29 is 4.39 Å². The first-order valence-corrected chi connectivity index (χ1v) is 6.72. The summed E-state index contributed by atoms with van der Waals surface area (Å²) in [5, 5.41) is 1.64. The van der Waals surface area contributed by atoms with E-state index in [-0.39, 0.29) is 5.92 Å². The number of pyridine rings is 1. The van der Waals surface area contributed by atoms with Gasteiger partial charge in [-0.1, -0.05) is 25.4 Å².